The van der Waals surface area contributed by atoms with Gasteiger partial charge >= 0.3 is 0 Å². The summed E-state index contributed by atoms with van der Waals surface area (Å²) in [5, 5.41) is -0.139. The molecule has 0 N–H and O–H groups in total. The van der Waals surface area contributed by atoms with Crippen molar-refractivity contribution < 1.29 is 41.7 Å². The first-order valence-electron chi connectivity index (χ1n) is 0.928. The van der Waals surface area contributed by atoms with E-state index < -0.39 is 0 Å². The summed E-state index contributed by atoms with van der Waals surface area (Å²) in [4.78, 5) is 9.31. The Kier molecular flexibility index (Phi) is 10.0. The molecule has 0 amide bonds. The normalized spacial score (nSPS) is 5.20. The third-order valence-electron chi connectivity index (χ3n) is 0. The third kappa shape index (κ3) is 35.4. The van der Waals surface area contributed by atoms with Crippen molar-refractivity contribution >= 4 is 17.7 Å². The van der Waals surface area contributed by atoms with E-state index >= 15 is 0 Å². The number of thiol groups is 1. The molecule has 0 saturated carbocycles. The molecule has 0 aliphatic heterocycles. The van der Waals surface area contributed by atoms with Gasteiger partial charge in [-0.3, -0.25) is 4.79 Å². The van der Waals surface area contributed by atoms with Crippen LogP contribution in [0.15, 0.2) is 0 Å². The largest absolute Gasteiger partial charge is 0.288 e. The monoisotopic (exact) mass is 251 g/mol. The minimum atomic E-state index is -0.139. The molecule has 0 heterocycles. The smallest absolute Gasteiger partial charge is 0.182 e. The van der Waals surface area contributed by atoms with Crippen molar-refractivity contribution in [2.75, 3.05) is 0 Å². The molecule has 0 aromatic heterocycles. The number of carbonyl (C=O) groups excluding carboxylic acids is 1. The summed E-state index contributed by atoms with van der Waals surface area (Å²) in [6.45, 7) is 1.39. The molecule has 0 rings (SSSR count). The van der Waals surface area contributed by atoms with E-state index in [1.54, 1.807) is 0 Å². The van der Waals surface area contributed by atoms with E-state index in [1.165, 1.54) is 6.92 Å². The Bertz CT molecular complexity index is 32.6. The molecule has 3 heteroatoms. The molecule has 0 spiro atoms. The van der Waals surface area contributed by atoms with Gasteiger partial charge in [-0.05, 0) is 0 Å². The van der Waals surface area contributed by atoms with E-state index in [-0.39, 0.29) is 42.0 Å². The van der Waals surface area contributed by atoms with Gasteiger partial charge in [-0.25, -0.2) is 0 Å². The Labute approximate surface area is 65.7 Å². The van der Waals surface area contributed by atoms with Gasteiger partial charge in [0.1, 0.15) is 0 Å². The summed E-state index contributed by atoms with van der Waals surface area (Å²) >= 11 is 3.33. The fourth-order valence-electron chi connectivity index (χ4n) is 0. The van der Waals surface area contributed by atoms with Crippen LogP contribution in [0.25, 0.3) is 0 Å². The maximum atomic E-state index is 9.31. The van der Waals surface area contributed by atoms with Crippen molar-refractivity contribution in [3.63, 3.8) is 0 Å². The van der Waals surface area contributed by atoms with Crippen molar-refractivity contribution in [3.05, 3.63) is 0 Å². The molecule has 1 radical (unpaired) electrons. The van der Waals surface area contributed by atoms with Crippen molar-refractivity contribution in [2.24, 2.45) is 0 Å². The van der Waals surface area contributed by atoms with Crippen LogP contribution in [0.1, 0.15) is 6.92 Å². The Hall–Kier alpha value is 1.25. The first kappa shape index (κ1) is 9.54. The zero-order valence-corrected chi connectivity index (χ0v) is 5.16. The van der Waals surface area contributed by atoms with E-state index in [1.807, 2.05) is 0 Å². The van der Waals surface area contributed by atoms with Gasteiger partial charge in [0.2, 0.25) is 0 Å². The predicted octanol–water partition coefficient (Wildman–Crippen LogP) is 0.463. The van der Waals surface area contributed by atoms with E-state index in [2.05, 4.69) is 12.6 Å². The van der Waals surface area contributed by atoms with E-state index in [4.69, 9.17) is 0 Å². The summed E-state index contributed by atoms with van der Waals surface area (Å²) < 4.78 is 0. The second-order valence-corrected chi connectivity index (χ2v) is 1.15. The molecule has 5 heavy (non-hydrogen) atoms. The van der Waals surface area contributed by atoms with Gasteiger partial charge in [0, 0.05) is 43.8 Å². The van der Waals surface area contributed by atoms with Gasteiger partial charge in [-0.1, -0.05) is 0 Å². The quantitative estimate of drug-likeness (QED) is 0.619. The van der Waals surface area contributed by atoms with Crippen LogP contribution >= 0.6 is 12.6 Å². The number of rotatable bonds is 0. The average molecular weight is 251 g/mol. The molecule has 0 aliphatic carbocycles. The molecule has 39 valence electrons. The Morgan fingerprint density at radius 1 is 1.80 bits per heavy atom. The number of hydrogen-bond acceptors (Lipinski definition) is 1. The topological polar surface area (TPSA) is 17.1 Å². The van der Waals surface area contributed by atoms with Crippen LogP contribution in [0.2, 0.25) is 0 Å². The molecule has 0 fully saturated rings. The summed E-state index contributed by atoms with van der Waals surface area (Å²) in [7, 11) is 0. The molecule has 0 aromatic carbocycles. The van der Waals surface area contributed by atoms with Gasteiger partial charge in [0.15, 0.2) is 5.12 Å². The van der Waals surface area contributed by atoms with E-state index in [9.17, 15) is 4.79 Å². The van der Waals surface area contributed by atoms with Crippen LogP contribution in [-0.4, -0.2) is 5.12 Å². The fraction of sp³-hybridized carbons (Fsp3) is 0.500. The Morgan fingerprint density at radius 3 is 1.80 bits per heavy atom. The van der Waals surface area contributed by atoms with Crippen LogP contribution in [0, 0.1) is 36.9 Å². The van der Waals surface area contributed by atoms with Gasteiger partial charge in [0.25, 0.3) is 0 Å². The molecular weight excluding hydrogens is 247 g/mol. The molecule has 0 unspecified atom stereocenters. The predicted molar refractivity (Wildman–Crippen MR) is 19.7 cm³/mol. The fourth-order valence-corrected chi connectivity index (χ4v) is 0. The summed E-state index contributed by atoms with van der Waals surface area (Å²) in [6.07, 6.45) is 0. The summed E-state index contributed by atoms with van der Waals surface area (Å²) in [5.74, 6) is 0. The maximum Gasteiger partial charge on any atom is 0.182 e. The zero-order valence-electron chi connectivity index (χ0n) is 2.61. The molecule has 0 saturated heterocycles. The number of hydrogen-bond donors (Lipinski definition) is 1. The minimum absolute atomic E-state index is 0. The van der Waals surface area contributed by atoms with Gasteiger partial charge < -0.3 is 0 Å². The SMILES string of the molecule is CC(=O)S.[Lu]. The number of carbonyl (C=O) groups is 1. The average Bonchev–Trinajstić information content (AvgIpc) is 0.811. The van der Waals surface area contributed by atoms with Crippen LogP contribution in [0.5, 0.6) is 0 Å². The standard InChI is InChI=1S/C2H4OS.Lu/c1-2(3)4;/h1H3,(H,3,4);. The van der Waals surface area contributed by atoms with Gasteiger partial charge in [0.05, 0.1) is 0 Å². The molecular formula is C2H4LuOS. The van der Waals surface area contributed by atoms with Crippen molar-refractivity contribution in [2.45, 2.75) is 6.92 Å². The zero-order chi connectivity index (χ0) is 3.58. The first-order chi connectivity index (χ1) is 1.73. The van der Waals surface area contributed by atoms with E-state index in [0.717, 1.165) is 0 Å². The Morgan fingerprint density at radius 2 is 1.80 bits per heavy atom. The second-order valence-electron chi connectivity index (χ2n) is 0.519. The summed E-state index contributed by atoms with van der Waals surface area (Å²) in [6, 6.07) is 0. The van der Waals surface area contributed by atoms with Gasteiger partial charge in [-0.15, -0.1) is 12.6 Å². The van der Waals surface area contributed by atoms with E-state index in [0.29, 0.717) is 0 Å². The van der Waals surface area contributed by atoms with Crippen LogP contribution in [0.4, 0.5) is 0 Å². The minimum Gasteiger partial charge on any atom is -0.288 e. The molecule has 1 nitrogen and oxygen atoms in total. The molecule has 0 aliphatic rings. The van der Waals surface area contributed by atoms with Crippen molar-refractivity contribution in [3.8, 4) is 0 Å². The Balaban J connectivity index is 0. The van der Waals surface area contributed by atoms with Crippen LogP contribution in [-0.2, 0) is 4.79 Å². The molecule has 0 atom stereocenters. The maximum absolute atomic E-state index is 9.31. The molecule has 0 bridgehead atoms. The summed E-state index contributed by atoms with van der Waals surface area (Å²) in [5.41, 5.74) is 0. The van der Waals surface area contributed by atoms with Crippen LogP contribution in [0.3, 0.4) is 0 Å². The van der Waals surface area contributed by atoms with Crippen molar-refractivity contribution in [1.82, 2.24) is 0 Å². The second kappa shape index (κ2) is 5.25. The van der Waals surface area contributed by atoms with Crippen LogP contribution < -0.4 is 0 Å². The first-order valence-corrected chi connectivity index (χ1v) is 1.37. The molecule has 0 aromatic rings. The third-order valence-corrected chi connectivity index (χ3v) is 0. The van der Waals surface area contributed by atoms with Crippen molar-refractivity contribution in [1.29, 1.82) is 0 Å². The van der Waals surface area contributed by atoms with Gasteiger partial charge in [-0.2, -0.15) is 0 Å².